The van der Waals surface area contributed by atoms with Gasteiger partial charge in [0.25, 0.3) is 0 Å². The summed E-state index contributed by atoms with van der Waals surface area (Å²) in [5.74, 6) is 1.03. The largest absolute Gasteiger partial charge is 0.330 e. The zero-order valence-corrected chi connectivity index (χ0v) is 7.92. The molecule has 1 rings (SSSR count). The molecule has 2 N–H and O–H groups in total. The van der Waals surface area contributed by atoms with E-state index in [1.165, 1.54) is 0 Å². The van der Waals surface area contributed by atoms with E-state index in [1.807, 2.05) is 7.05 Å². The van der Waals surface area contributed by atoms with Crippen molar-refractivity contribution in [2.45, 2.75) is 18.0 Å². The van der Waals surface area contributed by atoms with Crippen LogP contribution >= 0.6 is 11.8 Å². The third kappa shape index (κ3) is 2.78. The van der Waals surface area contributed by atoms with E-state index in [-0.39, 0.29) is 0 Å². The highest BCUT2D eigenvalue weighted by Gasteiger charge is 2.00. The summed E-state index contributed by atoms with van der Waals surface area (Å²) in [6.45, 7) is 0.762. The molecule has 1 aromatic heterocycles. The lowest BCUT2D eigenvalue weighted by Crippen LogP contribution is -1.99. The highest BCUT2D eigenvalue weighted by Crippen LogP contribution is 2.13. The second-order valence-electron chi connectivity index (χ2n) is 2.43. The third-order valence-electron chi connectivity index (χ3n) is 1.41. The molecule has 0 fully saturated rings. The number of tetrazole rings is 1. The van der Waals surface area contributed by atoms with Crippen LogP contribution in [0, 0.1) is 0 Å². The molecule has 0 atom stereocenters. The quantitative estimate of drug-likeness (QED) is 0.520. The number of nitrogens with two attached hydrogens (primary N) is 1. The molecule has 1 aromatic rings. The molecule has 0 radical (unpaired) electrons. The Kier molecular flexibility index (Phi) is 4.02. The van der Waals surface area contributed by atoms with Gasteiger partial charge in [-0.25, -0.2) is 4.68 Å². The summed E-state index contributed by atoms with van der Waals surface area (Å²) in [6, 6.07) is 0. The molecule has 0 amide bonds. The Bertz CT molecular complexity index is 223. The number of aryl methyl sites for hydroxylation is 1. The lowest BCUT2D eigenvalue weighted by Gasteiger charge is -1.97. The highest BCUT2D eigenvalue weighted by atomic mass is 32.2. The van der Waals surface area contributed by atoms with Gasteiger partial charge in [-0.1, -0.05) is 11.8 Å². The maximum atomic E-state index is 5.36. The van der Waals surface area contributed by atoms with Crippen LogP contribution in [0.5, 0.6) is 0 Å². The minimum absolute atomic E-state index is 0.762. The van der Waals surface area contributed by atoms with Crippen LogP contribution in [-0.2, 0) is 7.05 Å². The zero-order chi connectivity index (χ0) is 8.81. The van der Waals surface area contributed by atoms with E-state index >= 15 is 0 Å². The Morgan fingerprint density at radius 1 is 1.50 bits per heavy atom. The molecule has 0 aliphatic rings. The minimum atomic E-state index is 0.762. The zero-order valence-electron chi connectivity index (χ0n) is 7.10. The lowest BCUT2D eigenvalue weighted by molar-refractivity contribution is 0.664. The summed E-state index contributed by atoms with van der Waals surface area (Å²) in [5, 5.41) is 12.0. The lowest BCUT2D eigenvalue weighted by atomic mass is 10.3. The van der Waals surface area contributed by atoms with Gasteiger partial charge in [-0.3, -0.25) is 0 Å². The van der Waals surface area contributed by atoms with E-state index in [4.69, 9.17) is 5.73 Å². The summed E-state index contributed by atoms with van der Waals surface area (Å²) in [5.41, 5.74) is 5.36. The Labute approximate surface area is 75.7 Å². The number of rotatable bonds is 5. The van der Waals surface area contributed by atoms with Gasteiger partial charge in [0.1, 0.15) is 0 Å². The van der Waals surface area contributed by atoms with Crippen LogP contribution in [0.3, 0.4) is 0 Å². The molecular formula is C6H13N5S. The first-order valence-corrected chi connectivity index (χ1v) is 4.88. The van der Waals surface area contributed by atoms with Crippen LogP contribution < -0.4 is 5.73 Å². The number of hydrogen-bond acceptors (Lipinski definition) is 5. The Balaban J connectivity index is 2.20. The second kappa shape index (κ2) is 5.10. The normalized spacial score (nSPS) is 10.5. The standard InChI is InChI=1S/C6H13N5S/c1-11-6(8-9-10-11)12-5-3-2-4-7/h2-5,7H2,1H3. The Morgan fingerprint density at radius 3 is 2.92 bits per heavy atom. The van der Waals surface area contributed by atoms with E-state index in [2.05, 4.69) is 15.5 Å². The summed E-state index contributed by atoms with van der Waals surface area (Å²) in [6.07, 6.45) is 2.19. The molecule has 5 nitrogen and oxygen atoms in total. The molecule has 0 spiro atoms. The van der Waals surface area contributed by atoms with Gasteiger partial charge in [-0.15, -0.1) is 5.10 Å². The maximum absolute atomic E-state index is 5.36. The molecule has 0 bridgehead atoms. The Morgan fingerprint density at radius 2 is 2.33 bits per heavy atom. The van der Waals surface area contributed by atoms with Crippen LogP contribution in [-0.4, -0.2) is 32.5 Å². The monoisotopic (exact) mass is 187 g/mol. The molecular weight excluding hydrogens is 174 g/mol. The van der Waals surface area contributed by atoms with Crippen molar-refractivity contribution in [3.8, 4) is 0 Å². The van der Waals surface area contributed by atoms with Crippen molar-refractivity contribution in [1.29, 1.82) is 0 Å². The van der Waals surface area contributed by atoms with Crippen LogP contribution in [0.1, 0.15) is 12.8 Å². The molecule has 0 aliphatic carbocycles. The predicted molar refractivity (Wildman–Crippen MR) is 47.8 cm³/mol. The third-order valence-corrected chi connectivity index (χ3v) is 2.51. The summed E-state index contributed by atoms with van der Waals surface area (Å²) in [7, 11) is 1.84. The molecule has 0 aliphatic heterocycles. The second-order valence-corrected chi connectivity index (χ2v) is 3.49. The van der Waals surface area contributed by atoms with Crippen LogP contribution in [0.15, 0.2) is 5.16 Å². The van der Waals surface area contributed by atoms with Crippen molar-refractivity contribution in [2.24, 2.45) is 12.8 Å². The number of thioether (sulfide) groups is 1. The molecule has 12 heavy (non-hydrogen) atoms. The van der Waals surface area contributed by atoms with Crippen molar-refractivity contribution in [2.75, 3.05) is 12.3 Å². The van der Waals surface area contributed by atoms with Gasteiger partial charge in [0.15, 0.2) is 0 Å². The summed E-state index contributed by atoms with van der Waals surface area (Å²) in [4.78, 5) is 0. The number of aromatic nitrogens is 4. The Hall–Kier alpha value is -0.620. The minimum Gasteiger partial charge on any atom is -0.330 e. The molecule has 0 saturated heterocycles. The first kappa shape index (κ1) is 9.47. The van der Waals surface area contributed by atoms with Crippen LogP contribution in [0.25, 0.3) is 0 Å². The molecule has 1 heterocycles. The molecule has 6 heteroatoms. The molecule has 0 aromatic carbocycles. The summed E-state index contributed by atoms with van der Waals surface area (Å²) >= 11 is 1.66. The average molecular weight is 187 g/mol. The van der Waals surface area contributed by atoms with Crippen molar-refractivity contribution < 1.29 is 0 Å². The van der Waals surface area contributed by atoms with E-state index in [9.17, 15) is 0 Å². The van der Waals surface area contributed by atoms with Crippen molar-refractivity contribution in [3.05, 3.63) is 0 Å². The van der Waals surface area contributed by atoms with Crippen molar-refractivity contribution in [1.82, 2.24) is 20.2 Å². The van der Waals surface area contributed by atoms with E-state index in [1.54, 1.807) is 16.4 Å². The average Bonchev–Trinajstić information content (AvgIpc) is 2.46. The fraction of sp³-hybridized carbons (Fsp3) is 0.833. The molecule has 0 unspecified atom stereocenters. The fourth-order valence-corrected chi connectivity index (χ4v) is 1.60. The first-order chi connectivity index (χ1) is 5.84. The van der Waals surface area contributed by atoms with Gasteiger partial charge in [0, 0.05) is 12.8 Å². The van der Waals surface area contributed by atoms with Crippen LogP contribution in [0.4, 0.5) is 0 Å². The van der Waals surface area contributed by atoms with Gasteiger partial charge in [-0.05, 0) is 29.8 Å². The van der Waals surface area contributed by atoms with Gasteiger partial charge in [-0.2, -0.15) is 0 Å². The summed E-state index contributed by atoms with van der Waals surface area (Å²) < 4.78 is 1.67. The number of nitrogens with zero attached hydrogens (tertiary/aromatic N) is 4. The number of unbranched alkanes of at least 4 members (excludes halogenated alkanes) is 1. The van der Waals surface area contributed by atoms with Gasteiger partial charge < -0.3 is 5.73 Å². The first-order valence-electron chi connectivity index (χ1n) is 3.90. The van der Waals surface area contributed by atoms with Crippen molar-refractivity contribution in [3.63, 3.8) is 0 Å². The number of hydrogen-bond donors (Lipinski definition) is 1. The van der Waals surface area contributed by atoms with Gasteiger partial charge >= 0.3 is 0 Å². The maximum Gasteiger partial charge on any atom is 0.209 e. The predicted octanol–water partition coefficient (Wildman–Crippen LogP) is 0.0411. The van der Waals surface area contributed by atoms with Crippen LogP contribution in [0.2, 0.25) is 0 Å². The van der Waals surface area contributed by atoms with E-state index < -0.39 is 0 Å². The fourth-order valence-electron chi connectivity index (χ4n) is 0.753. The van der Waals surface area contributed by atoms with E-state index in [0.29, 0.717) is 0 Å². The van der Waals surface area contributed by atoms with E-state index in [0.717, 1.165) is 30.3 Å². The van der Waals surface area contributed by atoms with Gasteiger partial charge in [0.05, 0.1) is 0 Å². The van der Waals surface area contributed by atoms with Gasteiger partial charge in [0.2, 0.25) is 5.16 Å². The highest BCUT2D eigenvalue weighted by molar-refractivity contribution is 7.99. The smallest absolute Gasteiger partial charge is 0.209 e. The molecule has 68 valence electrons. The van der Waals surface area contributed by atoms with Crippen molar-refractivity contribution >= 4 is 11.8 Å². The molecule has 0 saturated carbocycles. The SMILES string of the molecule is Cn1nnnc1SCCCCN. The topological polar surface area (TPSA) is 69.6 Å².